The van der Waals surface area contributed by atoms with Gasteiger partial charge >= 0.3 is 0 Å². The van der Waals surface area contributed by atoms with Crippen LogP contribution in [0.25, 0.3) is 0 Å². The van der Waals surface area contributed by atoms with Crippen LogP contribution in [0.2, 0.25) is 0 Å². The highest BCUT2D eigenvalue weighted by atomic mass is 79.9. The van der Waals surface area contributed by atoms with Gasteiger partial charge in [-0.1, -0.05) is 22.9 Å². The van der Waals surface area contributed by atoms with Gasteiger partial charge in [0.15, 0.2) is 0 Å². The minimum atomic E-state index is -0.397. The number of nitrogens with one attached hydrogen (secondary N) is 2. The first-order valence-corrected chi connectivity index (χ1v) is 7.29. The molecule has 0 heterocycles. The predicted molar refractivity (Wildman–Crippen MR) is 80.7 cm³/mol. The molecule has 0 saturated heterocycles. The molecule has 20 heavy (non-hydrogen) atoms. The van der Waals surface area contributed by atoms with Gasteiger partial charge in [-0.05, 0) is 31.5 Å². The highest BCUT2D eigenvalue weighted by Crippen LogP contribution is 2.21. The average molecular weight is 343 g/mol. The molecule has 6 heteroatoms. The number of amides is 2. The topological polar surface area (TPSA) is 78.4 Å². The van der Waals surface area contributed by atoms with Crippen LogP contribution in [0.15, 0.2) is 22.7 Å². The summed E-state index contributed by atoms with van der Waals surface area (Å²) in [6.45, 7) is 4.15. The summed E-state index contributed by atoms with van der Waals surface area (Å²) in [5, 5.41) is 15.1. The molecule has 110 valence electrons. The van der Waals surface area contributed by atoms with Crippen molar-refractivity contribution in [2.24, 2.45) is 0 Å². The number of phenols is 1. The zero-order chi connectivity index (χ0) is 15.1. The van der Waals surface area contributed by atoms with Crippen LogP contribution in [0.5, 0.6) is 5.75 Å². The SMILES string of the molecule is CCC(C)NC(=O)CCNC(=O)c1ccc(Br)cc1O. The van der Waals surface area contributed by atoms with Crippen LogP contribution in [0.1, 0.15) is 37.0 Å². The van der Waals surface area contributed by atoms with Crippen LogP contribution in [0, 0.1) is 0 Å². The number of benzene rings is 1. The Balaban J connectivity index is 2.42. The van der Waals surface area contributed by atoms with Crippen molar-refractivity contribution < 1.29 is 14.7 Å². The van der Waals surface area contributed by atoms with Crippen molar-refractivity contribution in [1.82, 2.24) is 10.6 Å². The van der Waals surface area contributed by atoms with E-state index in [2.05, 4.69) is 26.6 Å². The molecule has 0 spiro atoms. The van der Waals surface area contributed by atoms with Crippen molar-refractivity contribution in [3.8, 4) is 5.75 Å². The highest BCUT2D eigenvalue weighted by Gasteiger charge is 2.12. The van der Waals surface area contributed by atoms with Gasteiger partial charge < -0.3 is 15.7 Å². The monoisotopic (exact) mass is 342 g/mol. The molecular formula is C14H19BrN2O3. The minimum absolute atomic E-state index is 0.0964. The van der Waals surface area contributed by atoms with E-state index in [1.807, 2.05) is 13.8 Å². The summed E-state index contributed by atoms with van der Waals surface area (Å²) in [4.78, 5) is 23.3. The lowest BCUT2D eigenvalue weighted by atomic mass is 10.2. The lowest BCUT2D eigenvalue weighted by molar-refractivity contribution is -0.121. The van der Waals surface area contributed by atoms with Gasteiger partial charge in [0, 0.05) is 23.5 Å². The van der Waals surface area contributed by atoms with E-state index in [-0.39, 0.29) is 36.2 Å². The Labute approximate surface area is 126 Å². The molecule has 1 unspecified atom stereocenters. The van der Waals surface area contributed by atoms with E-state index >= 15 is 0 Å². The van der Waals surface area contributed by atoms with E-state index in [1.54, 1.807) is 6.07 Å². The third-order valence-corrected chi connectivity index (χ3v) is 3.36. The first-order valence-electron chi connectivity index (χ1n) is 6.50. The summed E-state index contributed by atoms with van der Waals surface area (Å²) in [6.07, 6.45) is 1.08. The molecule has 0 aliphatic heterocycles. The summed E-state index contributed by atoms with van der Waals surface area (Å²) < 4.78 is 0.694. The third-order valence-electron chi connectivity index (χ3n) is 2.86. The van der Waals surface area contributed by atoms with Crippen LogP contribution >= 0.6 is 15.9 Å². The van der Waals surface area contributed by atoms with Crippen molar-refractivity contribution in [2.75, 3.05) is 6.54 Å². The van der Waals surface area contributed by atoms with Gasteiger partial charge in [0.1, 0.15) is 5.75 Å². The molecule has 1 rings (SSSR count). The van der Waals surface area contributed by atoms with Gasteiger partial charge in [-0.2, -0.15) is 0 Å². The van der Waals surface area contributed by atoms with Crippen LogP contribution in [-0.4, -0.2) is 29.5 Å². The van der Waals surface area contributed by atoms with Crippen LogP contribution < -0.4 is 10.6 Å². The van der Waals surface area contributed by atoms with Crippen molar-refractivity contribution in [2.45, 2.75) is 32.7 Å². The van der Waals surface area contributed by atoms with Gasteiger partial charge in [0.05, 0.1) is 5.56 Å². The molecule has 3 N–H and O–H groups in total. The number of phenolic OH excluding ortho intramolecular Hbond substituents is 1. The molecule has 2 amide bonds. The normalized spacial score (nSPS) is 11.8. The van der Waals surface area contributed by atoms with Crippen LogP contribution in [0.4, 0.5) is 0 Å². The van der Waals surface area contributed by atoms with Crippen molar-refractivity contribution in [3.05, 3.63) is 28.2 Å². The highest BCUT2D eigenvalue weighted by molar-refractivity contribution is 9.10. The van der Waals surface area contributed by atoms with Crippen LogP contribution in [0.3, 0.4) is 0 Å². The Bertz CT molecular complexity index is 491. The Morgan fingerprint density at radius 3 is 2.70 bits per heavy atom. The maximum atomic E-state index is 11.8. The minimum Gasteiger partial charge on any atom is -0.507 e. The molecule has 1 aromatic rings. The van der Waals surface area contributed by atoms with Crippen molar-refractivity contribution in [1.29, 1.82) is 0 Å². The van der Waals surface area contributed by atoms with Gasteiger partial charge in [-0.25, -0.2) is 0 Å². The molecule has 0 aliphatic carbocycles. The second-order valence-corrected chi connectivity index (χ2v) is 5.46. The Hall–Kier alpha value is -1.56. The molecule has 0 saturated carbocycles. The molecule has 0 bridgehead atoms. The summed E-state index contributed by atoms with van der Waals surface area (Å²) >= 11 is 3.20. The number of carbonyl (C=O) groups excluding carboxylic acids is 2. The molecule has 1 aromatic carbocycles. The van der Waals surface area contributed by atoms with E-state index in [4.69, 9.17) is 0 Å². The number of rotatable bonds is 6. The third kappa shape index (κ3) is 5.21. The lowest BCUT2D eigenvalue weighted by Gasteiger charge is -2.11. The van der Waals surface area contributed by atoms with Crippen LogP contribution in [-0.2, 0) is 4.79 Å². The molecule has 0 aromatic heterocycles. The zero-order valence-electron chi connectivity index (χ0n) is 11.6. The summed E-state index contributed by atoms with van der Waals surface area (Å²) in [5.41, 5.74) is 0.190. The number of carbonyl (C=O) groups is 2. The molecule has 0 aliphatic rings. The molecule has 0 radical (unpaired) electrons. The largest absolute Gasteiger partial charge is 0.507 e. The van der Waals surface area contributed by atoms with Gasteiger partial charge in [0.25, 0.3) is 5.91 Å². The van der Waals surface area contributed by atoms with Crippen molar-refractivity contribution >= 4 is 27.7 Å². The maximum absolute atomic E-state index is 11.8. The standard InChI is InChI=1S/C14H19BrN2O3/c1-3-9(2)17-13(19)6-7-16-14(20)11-5-4-10(15)8-12(11)18/h4-5,8-9,18H,3,6-7H2,1-2H3,(H,16,20)(H,17,19). The van der Waals surface area contributed by atoms with E-state index in [9.17, 15) is 14.7 Å². The number of hydrogen-bond donors (Lipinski definition) is 3. The van der Waals surface area contributed by atoms with Gasteiger partial charge in [-0.3, -0.25) is 9.59 Å². The smallest absolute Gasteiger partial charge is 0.255 e. The van der Waals surface area contributed by atoms with Gasteiger partial charge in [0.2, 0.25) is 5.91 Å². The fourth-order valence-corrected chi connectivity index (χ4v) is 1.88. The first kappa shape index (κ1) is 16.5. The van der Waals surface area contributed by atoms with E-state index < -0.39 is 5.91 Å². The summed E-state index contributed by atoms with van der Waals surface area (Å²) in [5.74, 6) is -0.591. The van der Waals surface area contributed by atoms with E-state index in [0.717, 1.165) is 6.42 Å². The summed E-state index contributed by atoms with van der Waals surface area (Å²) in [6, 6.07) is 4.77. The van der Waals surface area contributed by atoms with E-state index in [1.165, 1.54) is 12.1 Å². The second kappa shape index (κ2) is 7.89. The average Bonchev–Trinajstić information content (AvgIpc) is 2.38. The van der Waals surface area contributed by atoms with Gasteiger partial charge in [-0.15, -0.1) is 0 Å². The fraction of sp³-hybridized carbons (Fsp3) is 0.429. The fourth-order valence-electron chi connectivity index (χ4n) is 1.53. The Kier molecular flexibility index (Phi) is 6.51. The number of aromatic hydroxyl groups is 1. The van der Waals surface area contributed by atoms with E-state index in [0.29, 0.717) is 4.47 Å². The first-order chi connectivity index (χ1) is 9.43. The zero-order valence-corrected chi connectivity index (χ0v) is 13.2. The molecular weight excluding hydrogens is 324 g/mol. The Morgan fingerprint density at radius 1 is 1.40 bits per heavy atom. The predicted octanol–water partition coefficient (Wildman–Crippen LogP) is 2.19. The summed E-state index contributed by atoms with van der Waals surface area (Å²) in [7, 11) is 0. The number of halogens is 1. The number of hydrogen-bond acceptors (Lipinski definition) is 3. The molecule has 0 fully saturated rings. The molecule has 1 atom stereocenters. The van der Waals surface area contributed by atoms with Crippen molar-refractivity contribution in [3.63, 3.8) is 0 Å². The lowest BCUT2D eigenvalue weighted by Crippen LogP contribution is -2.35. The second-order valence-electron chi connectivity index (χ2n) is 4.54. The Morgan fingerprint density at radius 2 is 2.10 bits per heavy atom. The maximum Gasteiger partial charge on any atom is 0.255 e. The quantitative estimate of drug-likeness (QED) is 0.741. The molecule has 5 nitrogen and oxygen atoms in total.